The molecular weight excluding hydrogens is 477 g/mol. The Labute approximate surface area is 177 Å². The number of amides is 1. The highest BCUT2D eigenvalue weighted by Gasteiger charge is 2.63. The Morgan fingerprint density at radius 1 is 1.34 bits per heavy atom. The molecule has 0 unspecified atom stereocenters. The third-order valence-corrected chi connectivity index (χ3v) is 5.24. The molecule has 5 nitrogen and oxygen atoms in total. The van der Waals surface area contributed by atoms with E-state index in [1.807, 2.05) is 0 Å². The Balaban J connectivity index is 1.85. The number of ether oxygens (including phenoxy) is 1. The Bertz CT molecular complexity index is 983. The lowest BCUT2D eigenvalue weighted by atomic mass is 10.0. The van der Waals surface area contributed by atoms with Gasteiger partial charge in [-0.1, -0.05) is 45.7 Å². The second kappa shape index (κ2) is 7.97. The molecule has 1 aliphatic heterocycles. The number of carbonyl (C=O) groups is 1. The molecule has 1 amide bonds. The van der Waals surface area contributed by atoms with Crippen LogP contribution in [-0.4, -0.2) is 40.2 Å². The Hall–Kier alpha value is -2.10. The summed E-state index contributed by atoms with van der Waals surface area (Å²) in [7, 11) is 0. The van der Waals surface area contributed by atoms with Gasteiger partial charge in [-0.15, -0.1) is 0 Å². The lowest BCUT2D eigenvalue weighted by Gasteiger charge is -2.32. The van der Waals surface area contributed by atoms with Crippen molar-refractivity contribution in [1.82, 2.24) is 5.01 Å². The monoisotopic (exact) mass is 490 g/mol. The third-order valence-electron chi connectivity index (χ3n) is 4.34. The van der Waals surface area contributed by atoms with Crippen molar-refractivity contribution in [3.05, 3.63) is 63.1 Å². The van der Waals surface area contributed by atoms with Crippen LogP contribution >= 0.6 is 27.5 Å². The van der Waals surface area contributed by atoms with E-state index >= 15 is 0 Å². The molecule has 0 spiro atoms. The van der Waals surface area contributed by atoms with Crippen LogP contribution in [0.4, 0.5) is 13.2 Å². The normalized spacial score (nSPS) is 19.3. The topological polar surface area (TPSA) is 62.1 Å². The van der Waals surface area contributed by atoms with E-state index in [0.717, 1.165) is 5.56 Å². The predicted molar refractivity (Wildman–Crippen MR) is 105 cm³/mol. The van der Waals surface area contributed by atoms with Crippen LogP contribution in [0.3, 0.4) is 0 Å². The summed E-state index contributed by atoms with van der Waals surface area (Å²) in [5, 5.41) is 14.5. The van der Waals surface area contributed by atoms with Crippen LogP contribution < -0.4 is 4.74 Å². The SMILES string of the molecule is Cc1ccc(OCC(=O)N2N=C(c3cccc(Br)c3)C[C@]2(O)C(F)(F)F)cc1Cl. The van der Waals surface area contributed by atoms with Crippen molar-refractivity contribution in [2.24, 2.45) is 5.10 Å². The van der Waals surface area contributed by atoms with Gasteiger partial charge in [-0.05, 0) is 42.3 Å². The van der Waals surface area contributed by atoms with E-state index in [1.54, 1.807) is 37.3 Å². The van der Waals surface area contributed by atoms with Gasteiger partial charge in [0.25, 0.3) is 11.6 Å². The summed E-state index contributed by atoms with van der Waals surface area (Å²) >= 11 is 9.20. The first-order valence-electron chi connectivity index (χ1n) is 8.36. The quantitative estimate of drug-likeness (QED) is 0.676. The average Bonchev–Trinajstić information content (AvgIpc) is 3.01. The minimum absolute atomic E-state index is 0.0407. The zero-order chi connectivity index (χ0) is 21.4. The first-order chi connectivity index (χ1) is 13.5. The fourth-order valence-corrected chi connectivity index (χ4v) is 3.30. The number of hydrogen-bond acceptors (Lipinski definition) is 4. The molecule has 1 atom stereocenters. The van der Waals surface area contributed by atoms with E-state index in [9.17, 15) is 23.1 Å². The van der Waals surface area contributed by atoms with Gasteiger partial charge in [0.05, 0.1) is 12.1 Å². The van der Waals surface area contributed by atoms with Gasteiger partial charge in [0.1, 0.15) is 5.75 Å². The Morgan fingerprint density at radius 2 is 2.07 bits per heavy atom. The molecule has 1 aliphatic rings. The fourth-order valence-electron chi connectivity index (χ4n) is 2.73. The van der Waals surface area contributed by atoms with E-state index in [4.69, 9.17) is 16.3 Å². The van der Waals surface area contributed by atoms with Gasteiger partial charge in [-0.3, -0.25) is 4.79 Å². The second-order valence-corrected chi connectivity index (χ2v) is 7.78. The zero-order valence-corrected chi connectivity index (χ0v) is 17.3. The number of halogens is 5. The molecule has 10 heteroatoms. The van der Waals surface area contributed by atoms with Crippen LogP contribution in [0, 0.1) is 6.92 Å². The largest absolute Gasteiger partial charge is 0.484 e. The van der Waals surface area contributed by atoms with E-state index in [2.05, 4.69) is 21.0 Å². The highest BCUT2D eigenvalue weighted by atomic mass is 79.9. The smallest absolute Gasteiger partial charge is 0.438 e. The lowest BCUT2D eigenvalue weighted by Crippen LogP contribution is -2.57. The predicted octanol–water partition coefficient (Wildman–Crippen LogP) is 4.68. The summed E-state index contributed by atoms with van der Waals surface area (Å²) in [6.07, 6.45) is -6.01. The molecule has 2 aromatic rings. The third kappa shape index (κ3) is 4.41. The van der Waals surface area contributed by atoms with Gasteiger partial charge in [-0.2, -0.15) is 23.3 Å². The molecule has 0 radical (unpaired) electrons. The number of nitrogens with zero attached hydrogens (tertiary/aromatic N) is 2. The van der Waals surface area contributed by atoms with Crippen LogP contribution in [0.1, 0.15) is 17.5 Å². The van der Waals surface area contributed by atoms with Crippen LogP contribution in [0.15, 0.2) is 52.0 Å². The minimum atomic E-state index is -5.12. The van der Waals surface area contributed by atoms with Crippen molar-refractivity contribution in [3.8, 4) is 5.75 Å². The number of aliphatic hydroxyl groups is 1. The highest BCUT2D eigenvalue weighted by Crippen LogP contribution is 2.41. The van der Waals surface area contributed by atoms with Gasteiger partial charge in [0.2, 0.25) is 0 Å². The molecule has 1 N–H and O–H groups in total. The number of hydrogen-bond donors (Lipinski definition) is 1. The van der Waals surface area contributed by atoms with E-state index in [0.29, 0.717) is 15.1 Å². The summed E-state index contributed by atoms with van der Waals surface area (Å²) in [5.74, 6) is -0.939. The molecule has 0 aliphatic carbocycles. The molecule has 3 rings (SSSR count). The first-order valence-corrected chi connectivity index (χ1v) is 9.53. The number of hydrazone groups is 1. The van der Waals surface area contributed by atoms with Crippen molar-refractivity contribution < 1.29 is 27.8 Å². The van der Waals surface area contributed by atoms with Crippen molar-refractivity contribution in [3.63, 3.8) is 0 Å². The molecule has 0 bridgehead atoms. The number of alkyl halides is 3. The van der Waals surface area contributed by atoms with Crippen LogP contribution in [0.5, 0.6) is 5.75 Å². The average molecular weight is 492 g/mol. The van der Waals surface area contributed by atoms with E-state index in [-0.39, 0.29) is 16.5 Å². The molecular formula is C19H15BrClF3N2O3. The number of carbonyl (C=O) groups excluding carboxylic acids is 1. The van der Waals surface area contributed by atoms with Crippen LogP contribution in [0.2, 0.25) is 5.02 Å². The van der Waals surface area contributed by atoms with Crippen molar-refractivity contribution in [2.45, 2.75) is 25.2 Å². The standard InChI is InChI=1S/C19H15BrClF3N2O3/c1-11-5-6-14(8-15(11)21)29-10-17(27)26-18(28,19(22,23)24)9-16(25-26)12-3-2-4-13(20)7-12/h2-8,28H,9-10H2,1H3/t18-/m0/s1. The van der Waals surface area contributed by atoms with Crippen LogP contribution in [-0.2, 0) is 4.79 Å². The summed E-state index contributed by atoms with van der Waals surface area (Å²) in [4.78, 5) is 12.5. The maximum Gasteiger partial charge on any atom is 0.438 e. The van der Waals surface area contributed by atoms with Crippen molar-refractivity contribution in [1.29, 1.82) is 0 Å². The van der Waals surface area contributed by atoms with Gasteiger partial charge >= 0.3 is 6.18 Å². The van der Waals surface area contributed by atoms with Gasteiger partial charge < -0.3 is 9.84 Å². The summed E-state index contributed by atoms with van der Waals surface area (Å²) < 4.78 is 46.7. The maximum atomic E-state index is 13.6. The molecule has 0 saturated carbocycles. The highest BCUT2D eigenvalue weighted by molar-refractivity contribution is 9.10. The first kappa shape index (κ1) is 21.6. The molecule has 0 saturated heterocycles. The molecule has 0 aromatic heterocycles. The van der Waals surface area contributed by atoms with Gasteiger partial charge in [0.15, 0.2) is 6.61 Å². The van der Waals surface area contributed by atoms with Crippen LogP contribution in [0.25, 0.3) is 0 Å². The minimum Gasteiger partial charge on any atom is -0.484 e. The van der Waals surface area contributed by atoms with E-state index in [1.165, 1.54) is 12.1 Å². The molecule has 154 valence electrons. The number of benzene rings is 2. The zero-order valence-electron chi connectivity index (χ0n) is 15.0. The van der Waals surface area contributed by atoms with Gasteiger partial charge in [0, 0.05) is 9.50 Å². The second-order valence-electron chi connectivity index (χ2n) is 6.45. The Morgan fingerprint density at radius 3 is 2.69 bits per heavy atom. The molecule has 0 fully saturated rings. The molecule has 2 aromatic carbocycles. The van der Waals surface area contributed by atoms with Gasteiger partial charge in [-0.25, -0.2) is 0 Å². The number of aryl methyl sites for hydroxylation is 1. The number of rotatable bonds is 4. The van der Waals surface area contributed by atoms with Crippen molar-refractivity contribution >= 4 is 39.1 Å². The summed E-state index contributed by atoms with van der Waals surface area (Å²) in [6, 6.07) is 11.0. The van der Waals surface area contributed by atoms with Crippen molar-refractivity contribution in [2.75, 3.05) is 6.61 Å². The molecule has 1 heterocycles. The maximum absolute atomic E-state index is 13.6. The van der Waals surface area contributed by atoms with E-state index < -0.39 is 30.8 Å². The summed E-state index contributed by atoms with van der Waals surface area (Å²) in [5.41, 5.74) is -2.41. The Kier molecular flexibility index (Phi) is 5.93. The fraction of sp³-hybridized carbons (Fsp3) is 0.263. The summed E-state index contributed by atoms with van der Waals surface area (Å²) in [6.45, 7) is 1.01. The lowest BCUT2D eigenvalue weighted by molar-refractivity contribution is -0.302. The molecule has 29 heavy (non-hydrogen) atoms.